The molecule has 0 bridgehead atoms. The van der Waals surface area contributed by atoms with E-state index in [9.17, 15) is 27.9 Å². The number of carboxylic acid groups (broad SMARTS) is 1. The van der Waals surface area contributed by atoms with Gasteiger partial charge in [-0.2, -0.15) is 0 Å². The van der Waals surface area contributed by atoms with Crippen LogP contribution in [0, 0.1) is 11.8 Å². The summed E-state index contributed by atoms with van der Waals surface area (Å²) in [7, 11) is -4.11. The lowest BCUT2D eigenvalue weighted by atomic mass is 10.0. The van der Waals surface area contributed by atoms with Crippen LogP contribution in [0.4, 0.5) is 4.79 Å². The smallest absolute Gasteiger partial charge is 0.328 e. The SMILES string of the molecule is CCNC(=O)NS(=O)(=O)c1sc(CC(C)C)cc1-c1ccc(CN(C(C)=O)[C@H](C(=O)O)C(C)C)cc1. The molecule has 1 heterocycles. The zero-order valence-corrected chi connectivity index (χ0v) is 23.1. The first-order valence-corrected chi connectivity index (χ1v) is 14.1. The van der Waals surface area contributed by atoms with Crippen LogP contribution in [0.15, 0.2) is 34.5 Å². The summed E-state index contributed by atoms with van der Waals surface area (Å²) in [5.41, 5.74) is 1.82. The van der Waals surface area contributed by atoms with Crippen LogP contribution in [-0.2, 0) is 32.6 Å². The molecule has 0 aliphatic rings. The van der Waals surface area contributed by atoms with Crippen molar-refractivity contribution in [3.8, 4) is 11.1 Å². The van der Waals surface area contributed by atoms with Gasteiger partial charge in [0, 0.05) is 30.5 Å². The van der Waals surface area contributed by atoms with Crippen LogP contribution in [0.3, 0.4) is 0 Å². The summed E-state index contributed by atoms with van der Waals surface area (Å²) in [4.78, 5) is 38.1. The highest BCUT2D eigenvalue weighted by molar-refractivity contribution is 7.92. The van der Waals surface area contributed by atoms with Gasteiger partial charge in [-0.1, -0.05) is 52.0 Å². The average molecular weight is 538 g/mol. The molecule has 0 unspecified atom stereocenters. The van der Waals surface area contributed by atoms with Gasteiger partial charge in [-0.3, -0.25) is 4.79 Å². The lowest BCUT2D eigenvalue weighted by Gasteiger charge is -2.30. The summed E-state index contributed by atoms with van der Waals surface area (Å²) in [6, 6.07) is 7.05. The molecule has 0 radical (unpaired) electrons. The van der Waals surface area contributed by atoms with Gasteiger partial charge in [0.25, 0.3) is 10.0 Å². The fraction of sp³-hybridized carbons (Fsp3) is 0.480. The molecule has 11 heteroatoms. The third-order valence-corrected chi connectivity index (χ3v) is 8.43. The van der Waals surface area contributed by atoms with E-state index in [-0.39, 0.29) is 29.1 Å². The van der Waals surface area contributed by atoms with Gasteiger partial charge < -0.3 is 15.3 Å². The van der Waals surface area contributed by atoms with E-state index in [1.54, 1.807) is 45.0 Å². The van der Waals surface area contributed by atoms with Crippen molar-refractivity contribution < 1.29 is 27.9 Å². The number of hydrogen-bond donors (Lipinski definition) is 3. The van der Waals surface area contributed by atoms with E-state index < -0.39 is 28.1 Å². The van der Waals surface area contributed by atoms with E-state index in [0.29, 0.717) is 29.0 Å². The Labute approximate surface area is 217 Å². The number of amides is 3. The second-order valence-electron chi connectivity index (χ2n) is 9.35. The van der Waals surface area contributed by atoms with E-state index in [0.717, 1.165) is 16.2 Å². The van der Waals surface area contributed by atoms with Gasteiger partial charge in [0.1, 0.15) is 10.3 Å². The maximum atomic E-state index is 13.0. The van der Waals surface area contributed by atoms with E-state index >= 15 is 0 Å². The fourth-order valence-electron chi connectivity index (χ4n) is 3.86. The number of carboxylic acids is 1. The first kappa shape index (κ1) is 29.3. The number of urea groups is 1. The predicted octanol–water partition coefficient (Wildman–Crippen LogP) is 4.08. The van der Waals surface area contributed by atoms with Crippen LogP contribution in [0.2, 0.25) is 0 Å². The Kier molecular flexibility index (Phi) is 10.1. The lowest BCUT2D eigenvalue weighted by molar-refractivity contribution is -0.152. The number of nitrogens with zero attached hydrogens (tertiary/aromatic N) is 1. The van der Waals surface area contributed by atoms with Crippen LogP contribution < -0.4 is 10.0 Å². The molecule has 0 spiro atoms. The molecule has 0 saturated heterocycles. The zero-order valence-electron chi connectivity index (χ0n) is 21.5. The summed E-state index contributed by atoms with van der Waals surface area (Å²) in [6.07, 6.45) is 0.686. The Bertz CT molecular complexity index is 1190. The molecule has 0 aliphatic carbocycles. The summed E-state index contributed by atoms with van der Waals surface area (Å²) < 4.78 is 28.2. The van der Waals surface area contributed by atoms with Gasteiger partial charge in [0.2, 0.25) is 5.91 Å². The molecule has 198 valence electrons. The van der Waals surface area contributed by atoms with E-state index in [1.165, 1.54) is 11.8 Å². The average Bonchev–Trinajstić information content (AvgIpc) is 3.17. The number of rotatable bonds is 11. The molecular formula is C25H35N3O6S2. The molecule has 1 aromatic carbocycles. The standard InChI is InChI=1S/C25H35N3O6S2/c1-7-26-25(32)27-36(33,34)24-21(13-20(35-24)12-15(2)3)19-10-8-18(9-11-19)14-28(17(6)29)22(16(4)5)23(30)31/h8-11,13,15-16,22H,7,12,14H2,1-6H3,(H,30,31)(H2,26,27,32)/t22-/m0/s1. The molecule has 36 heavy (non-hydrogen) atoms. The molecular weight excluding hydrogens is 502 g/mol. The molecule has 2 rings (SSSR count). The van der Waals surface area contributed by atoms with Crippen LogP contribution >= 0.6 is 11.3 Å². The second kappa shape index (κ2) is 12.4. The minimum Gasteiger partial charge on any atom is -0.480 e. The van der Waals surface area contributed by atoms with E-state index in [1.807, 2.05) is 19.9 Å². The van der Waals surface area contributed by atoms with Crippen molar-refractivity contribution in [2.45, 2.75) is 64.8 Å². The molecule has 3 N–H and O–H groups in total. The second-order valence-corrected chi connectivity index (χ2v) is 12.4. The van der Waals surface area contributed by atoms with Crippen LogP contribution in [-0.4, -0.2) is 48.9 Å². The van der Waals surface area contributed by atoms with Gasteiger partial charge in [-0.25, -0.2) is 22.7 Å². The Hall–Kier alpha value is -2.92. The number of sulfonamides is 1. The monoisotopic (exact) mass is 537 g/mol. The Morgan fingerprint density at radius 3 is 2.17 bits per heavy atom. The fourth-order valence-corrected chi connectivity index (χ4v) is 6.74. The van der Waals surface area contributed by atoms with Crippen molar-refractivity contribution in [2.75, 3.05) is 6.54 Å². The van der Waals surface area contributed by atoms with E-state index in [2.05, 4.69) is 10.0 Å². The topological polar surface area (TPSA) is 133 Å². The molecule has 1 aromatic heterocycles. The van der Waals surface area contributed by atoms with Crippen molar-refractivity contribution in [1.82, 2.24) is 14.9 Å². The van der Waals surface area contributed by atoms with E-state index in [4.69, 9.17) is 0 Å². The summed E-state index contributed by atoms with van der Waals surface area (Å²) in [5, 5.41) is 12.0. The van der Waals surface area contributed by atoms with Gasteiger partial charge in [-0.15, -0.1) is 11.3 Å². The number of nitrogens with one attached hydrogen (secondary N) is 2. The predicted molar refractivity (Wildman–Crippen MR) is 140 cm³/mol. The quantitative estimate of drug-likeness (QED) is 0.396. The third kappa shape index (κ3) is 7.54. The highest BCUT2D eigenvalue weighted by atomic mass is 32.2. The number of benzene rings is 1. The van der Waals surface area contributed by atoms with Gasteiger partial charge in [0.05, 0.1) is 0 Å². The number of carbonyl (C=O) groups is 3. The maximum absolute atomic E-state index is 13.0. The van der Waals surface area contributed by atoms with Crippen LogP contribution in [0.25, 0.3) is 11.1 Å². The van der Waals surface area contributed by atoms with Crippen molar-refractivity contribution in [2.24, 2.45) is 11.8 Å². The van der Waals surface area contributed by atoms with Gasteiger partial charge >= 0.3 is 12.0 Å². The molecule has 0 aliphatic heterocycles. The highest BCUT2D eigenvalue weighted by Crippen LogP contribution is 2.36. The largest absolute Gasteiger partial charge is 0.480 e. The van der Waals surface area contributed by atoms with Crippen LogP contribution in [0.1, 0.15) is 52.0 Å². The zero-order chi connectivity index (χ0) is 27.2. The first-order valence-electron chi connectivity index (χ1n) is 11.8. The number of carbonyl (C=O) groups excluding carboxylic acids is 2. The third-order valence-electron chi connectivity index (χ3n) is 5.41. The molecule has 0 fully saturated rings. The molecule has 9 nitrogen and oxygen atoms in total. The van der Waals surface area contributed by atoms with Crippen molar-refractivity contribution >= 4 is 39.3 Å². The Balaban J connectivity index is 2.44. The minimum absolute atomic E-state index is 0.0493. The molecule has 1 atom stereocenters. The molecule has 3 amide bonds. The maximum Gasteiger partial charge on any atom is 0.328 e. The van der Waals surface area contributed by atoms with Crippen LogP contribution in [0.5, 0.6) is 0 Å². The minimum atomic E-state index is -4.11. The number of thiophene rings is 1. The first-order chi connectivity index (χ1) is 16.8. The summed E-state index contributed by atoms with van der Waals surface area (Å²) >= 11 is 1.13. The summed E-state index contributed by atoms with van der Waals surface area (Å²) in [5.74, 6) is -1.38. The molecule has 0 saturated carbocycles. The number of aliphatic carboxylic acids is 1. The Morgan fingerprint density at radius 1 is 1.08 bits per heavy atom. The summed E-state index contributed by atoms with van der Waals surface area (Å²) in [6.45, 7) is 11.0. The Morgan fingerprint density at radius 2 is 1.69 bits per heavy atom. The number of hydrogen-bond acceptors (Lipinski definition) is 6. The van der Waals surface area contributed by atoms with Gasteiger partial charge in [-0.05, 0) is 42.4 Å². The van der Waals surface area contributed by atoms with Crippen molar-refractivity contribution in [1.29, 1.82) is 0 Å². The highest BCUT2D eigenvalue weighted by Gasteiger charge is 2.31. The van der Waals surface area contributed by atoms with Gasteiger partial charge in [0.15, 0.2) is 0 Å². The van der Waals surface area contributed by atoms with Crippen molar-refractivity contribution in [3.05, 3.63) is 40.8 Å². The normalized spacial score (nSPS) is 12.4. The molecule has 2 aromatic rings. The lowest BCUT2D eigenvalue weighted by Crippen LogP contribution is -2.46. The van der Waals surface area contributed by atoms with Crippen molar-refractivity contribution in [3.63, 3.8) is 0 Å².